The molecule has 0 spiro atoms. The average Bonchev–Trinajstić information content (AvgIpc) is 3.54. The van der Waals surface area contributed by atoms with Crippen LogP contribution in [0.15, 0.2) is 72.3 Å². The van der Waals surface area contributed by atoms with Gasteiger partial charge < -0.3 is 14.8 Å². The number of nitrogens with zero attached hydrogens (tertiary/aromatic N) is 2. The number of rotatable bonds is 7. The number of benzene rings is 3. The fourth-order valence-electron chi connectivity index (χ4n) is 5.92. The van der Waals surface area contributed by atoms with Gasteiger partial charge in [0.15, 0.2) is 0 Å². The molecular formula is C34H36N4O3. The monoisotopic (exact) mass is 548 g/mol. The number of hydrogen-bond acceptors (Lipinski definition) is 5. The summed E-state index contributed by atoms with van der Waals surface area (Å²) in [6, 6.07) is 22.8. The van der Waals surface area contributed by atoms with Crippen LogP contribution < -0.4 is 10.1 Å². The van der Waals surface area contributed by atoms with Crippen molar-refractivity contribution >= 4 is 35.0 Å². The standard InChI is InChI=1S/C34H36N4O3/c1-22-19-38(20-23(2)41-22)21-25-9-7-24(8-10-25)12-14-32-29-13-11-26(16-33(29)37-36-32)15-30-31(18-35-34(30)39)27-5-4-6-28(17-27)40-3/h4-17,22-23,31H,18-21H2,1-3H3,(H,35,39)(H,36,37)/b14-12+,30-15+/t22-,23+,31?. The number of carbonyl (C=O) groups excluding carboxylic acids is 1. The van der Waals surface area contributed by atoms with Crippen molar-refractivity contribution in [3.05, 3.63) is 100 Å². The van der Waals surface area contributed by atoms with E-state index in [9.17, 15) is 4.79 Å². The lowest BCUT2D eigenvalue weighted by Crippen LogP contribution is -2.44. The summed E-state index contributed by atoms with van der Waals surface area (Å²) in [5, 5.41) is 11.7. The summed E-state index contributed by atoms with van der Waals surface area (Å²) in [4.78, 5) is 15.2. The van der Waals surface area contributed by atoms with E-state index in [1.807, 2.05) is 48.6 Å². The number of ether oxygens (including phenoxy) is 2. The lowest BCUT2D eigenvalue weighted by Gasteiger charge is -2.35. The van der Waals surface area contributed by atoms with Gasteiger partial charge in [-0.1, -0.05) is 48.5 Å². The molecule has 2 saturated heterocycles. The van der Waals surface area contributed by atoms with E-state index in [1.165, 1.54) is 5.56 Å². The number of H-pyrrole nitrogens is 1. The second-order valence-corrected chi connectivity index (χ2v) is 11.1. The topological polar surface area (TPSA) is 79.5 Å². The van der Waals surface area contributed by atoms with Gasteiger partial charge in [-0.15, -0.1) is 0 Å². The minimum atomic E-state index is -0.0359. The van der Waals surface area contributed by atoms with E-state index in [4.69, 9.17) is 9.47 Å². The highest BCUT2D eigenvalue weighted by atomic mass is 16.5. The predicted octanol–water partition coefficient (Wildman–Crippen LogP) is 5.65. The normalized spacial score (nSPS) is 22.6. The molecule has 3 atom stereocenters. The van der Waals surface area contributed by atoms with Gasteiger partial charge in [-0.3, -0.25) is 14.8 Å². The number of methoxy groups -OCH3 is 1. The molecule has 0 radical (unpaired) electrons. The zero-order valence-electron chi connectivity index (χ0n) is 23.8. The molecule has 0 aliphatic carbocycles. The van der Waals surface area contributed by atoms with E-state index in [-0.39, 0.29) is 24.0 Å². The fraction of sp³-hybridized carbons (Fsp3) is 0.294. The summed E-state index contributed by atoms with van der Waals surface area (Å²) in [5.74, 6) is 0.723. The first-order valence-corrected chi connectivity index (χ1v) is 14.2. The largest absolute Gasteiger partial charge is 0.497 e. The first-order chi connectivity index (χ1) is 19.9. The summed E-state index contributed by atoms with van der Waals surface area (Å²) in [6.45, 7) is 7.72. The molecular weight excluding hydrogens is 512 g/mol. The average molecular weight is 549 g/mol. The Bertz CT molecular complexity index is 1590. The van der Waals surface area contributed by atoms with Crippen LogP contribution >= 0.6 is 0 Å². The molecule has 0 saturated carbocycles. The maximum Gasteiger partial charge on any atom is 0.247 e. The highest BCUT2D eigenvalue weighted by molar-refractivity contribution is 6.02. The fourth-order valence-corrected chi connectivity index (χ4v) is 5.92. The highest BCUT2D eigenvalue weighted by Crippen LogP contribution is 2.32. The van der Waals surface area contributed by atoms with Gasteiger partial charge in [0, 0.05) is 43.1 Å². The number of aromatic nitrogens is 2. The minimum Gasteiger partial charge on any atom is -0.497 e. The van der Waals surface area contributed by atoms with E-state index >= 15 is 0 Å². The molecule has 210 valence electrons. The molecule has 1 unspecified atom stereocenters. The second kappa shape index (κ2) is 11.7. The third kappa shape index (κ3) is 6.11. The van der Waals surface area contributed by atoms with Crippen LogP contribution in [0.3, 0.4) is 0 Å². The predicted molar refractivity (Wildman–Crippen MR) is 163 cm³/mol. The van der Waals surface area contributed by atoms with Crippen LogP contribution in [0.5, 0.6) is 5.75 Å². The van der Waals surface area contributed by atoms with Crippen molar-refractivity contribution in [1.82, 2.24) is 20.4 Å². The van der Waals surface area contributed by atoms with Crippen molar-refractivity contribution in [2.24, 2.45) is 0 Å². The lowest BCUT2D eigenvalue weighted by molar-refractivity contribution is -0.116. The van der Waals surface area contributed by atoms with Gasteiger partial charge in [0.05, 0.1) is 30.5 Å². The summed E-state index contributed by atoms with van der Waals surface area (Å²) in [5.41, 5.74) is 7.01. The van der Waals surface area contributed by atoms with Gasteiger partial charge in [0.1, 0.15) is 5.75 Å². The van der Waals surface area contributed by atoms with Gasteiger partial charge >= 0.3 is 0 Å². The number of nitrogens with one attached hydrogen (secondary N) is 2. The molecule has 2 aliphatic heterocycles. The molecule has 1 aromatic heterocycles. The molecule has 3 heterocycles. The SMILES string of the molecule is COc1cccc(C2CNC(=O)/C2=C/c2ccc3c(/C=C/c4ccc(CN5C[C@@H](C)O[C@@H](C)C5)cc4)n[nH]c3c2)c1. The summed E-state index contributed by atoms with van der Waals surface area (Å²) < 4.78 is 11.2. The minimum absolute atomic E-state index is 0.0269. The van der Waals surface area contributed by atoms with E-state index in [0.29, 0.717) is 6.54 Å². The maximum atomic E-state index is 12.7. The molecule has 7 heteroatoms. The number of morpholine rings is 1. The van der Waals surface area contributed by atoms with E-state index in [0.717, 1.165) is 64.2 Å². The first kappa shape index (κ1) is 27.0. The van der Waals surface area contributed by atoms with Gasteiger partial charge in [0.2, 0.25) is 5.91 Å². The van der Waals surface area contributed by atoms with Gasteiger partial charge in [-0.25, -0.2) is 0 Å². The van der Waals surface area contributed by atoms with Crippen molar-refractivity contribution < 1.29 is 14.3 Å². The third-order valence-corrected chi connectivity index (χ3v) is 7.85. The van der Waals surface area contributed by atoms with E-state index in [2.05, 4.69) is 70.7 Å². The molecule has 0 bridgehead atoms. The Morgan fingerprint density at radius 1 is 1.00 bits per heavy atom. The quantitative estimate of drug-likeness (QED) is 0.292. The van der Waals surface area contributed by atoms with Gasteiger partial charge in [-0.2, -0.15) is 5.10 Å². The Balaban J connectivity index is 1.16. The number of hydrogen-bond donors (Lipinski definition) is 2. The van der Waals surface area contributed by atoms with Crippen LogP contribution in [0.1, 0.15) is 47.7 Å². The Morgan fingerprint density at radius 3 is 2.56 bits per heavy atom. The van der Waals surface area contributed by atoms with Crippen molar-refractivity contribution in [2.75, 3.05) is 26.7 Å². The van der Waals surface area contributed by atoms with Crippen LogP contribution in [0, 0.1) is 0 Å². The Labute approximate surface area is 240 Å². The molecule has 2 aliphatic rings. The van der Waals surface area contributed by atoms with Gasteiger partial charge in [-0.05, 0) is 72.5 Å². The smallest absolute Gasteiger partial charge is 0.247 e. The summed E-state index contributed by atoms with van der Waals surface area (Å²) in [7, 11) is 1.65. The van der Waals surface area contributed by atoms with Crippen LogP contribution in [0.25, 0.3) is 29.1 Å². The lowest BCUT2D eigenvalue weighted by atomic mass is 9.92. The Kier molecular flexibility index (Phi) is 7.72. The summed E-state index contributed by atoms with van der Waals surface area (Å²) in [6.07, 6.45) is 6.66. The Morgan fingerprint density at radius 2 is 1.78 bits per heavy atom. The van der Waals surface area contributed by atoms with Crippen LogP contribution in [0.2, 0.25) is 0 Å². The number of carbonyl (C=O) groups is 1. The van der Waals surface area contributed by atoms with Crippen molar-refractivity contribution in [3.63, 3.8) is 0 Å². The van der Waals surface area contributed by atoms with Gasteiger partial charge in [0.25, 0.3) is 0 Å². The zero-order valence-corrected chi connectivity index (χ0v) is 23.8. The zero-order chi connectivity index (χ0) is 28.3. The molecule has 4 aromatic rings. The van der Waals surface area contributed by atoms with Crippen molar-refractivity contribution in [3.8, 4) is 5.75 Å². The van der Waals surface area contributed by atoms with Crippen LogP contribution in [-0.2, 0) is 16.1 Å². The number of fused-ring (bicyclic) bond motifs is 1. The molecule has 6 rings (SSSR count). The maximum absolute atomic E-state index is 12.7. The first-order valence-electron chi connectivity index (χ1n) is 14.2. The Hall–Kier alpha value is -4.20. The third-order valence-electron chi connectivity index (χ3n) is 7.85. The van der Waals surface area contributed by atoms with E-state index in [1.54, 1.807) is 7.11 Å². The number of aromatic amines is 1. The molecule has 7 nitrogen and oxygen atoms in total. The molecule has 41 heavy (non-hydrogen) atoms. The summed E-state index contributed by atoms with van der Waals surface area (Å²) >= 11 is 0. The molecule has 1 amide bonds. The molecule has 2 N–H and O–H groups in total. The highest BCUT2D eigenvalue weighted by Gasteiger charge is 2.29. The van der Waals surface area contributed by atoms with Crippen LogP contribution in [-0.4, -0.2) is 60.0 Å². The van der Waals surface area contributed by atoms with Crippen molar-refractivity contribution in [1.29, 1.82) is 0 Å². The molecule has 2 fully saturated rings. The second-order valence-electron chi connectivity index (χ2n) is 11.1. The van der Waals surface area contributed by atoms with Crippen molar-refractivity contribution in [2.45, 2.75) is 38.5 Å². The molecule has 3 aromatic carbocycles. The number of amides is 1. The van der Waals surface area contributed by atoms with E-state index < -0.39 is 0 Å². The van der Waals surface area contributed by atoms with Crippen LogP contribution in [0.4, 0.5) is 0 Å².